The average Bonchev–Trinajstić information content (AvgIpc) is 3.30. The molecular weight excluding hydrogens is 344 g/mol. The smallest absolute Gasteiger partial charge is 0.408 e. The number of rotatable bonds is 4. The van der Waals surface area contributed by atoms with Crippen molar-refractivity contribution in [3.8, 4) is 0 Å². The lowest BCUT2D eigenvalue weighted by Gasteiger charge is -2.18. The molecule has 0 spiro atoms. The van der Waals surface area contributed by atoms with E-state index in [1.54, 1.807) is 25.2 Å². The molecule has 4 rings (SSSR count). The summed E-state index contributed by atoms with van der Waals surface area (Å²) in [6, 6.07) is 13.1. The molecular formula is C20H22N4O3. The Bertz CT molecular complexity index is 1030. The fraction of sp³-hybridized carbons (Fsp3) is 0.300. The highest BCUT2D eigenvalue weighted by molar-refractivity contribution is 5.91. The number of carbonyl (C=O) groups is 1. The molecule has 2 amide bonds. The zero-order valence-corrected chi connectivity index (χ0v) is 15.2. The molecule has 0 bridgehead atoms. The van der Waals surface area contributed by atoms with Crippen LogP contribution < -0.4 is 21.3 Å². The average molecular weight is 366 g/mol. The van der Waals surface area contributed by atoms with Crippen molar-refractivity contribution in [2.45, 2.75) is 19.4 Å². The number of carbonyl (C=O) groups excluding carboxylic acids is 1. The summed E-state index contributed by atoms with van der Waals surface area (Å²) in [5.74, 6) is -0.426. The number of hydrogen-bond acceptors (Lipinski definition) is 4. The predicted molar refractivity (Wildman–Crippen MR) is 105 cm³/mol. The van der Waals surface area contributed by atoms with Crippen LogP contribution in [0.5, 0.6) is 0 Å². The Balaban J connectivity index is 1.39. The molecule has 0 aliphatic carbocycles. The second kappa shape index (κ2) is 7.19. The van der Waals surface area contributed by atoms with Gasteiger partial charge >= 0.3 is 11.8 Å². The van der Waals surface area contributed by atoms with Crippen molar-refractivity contribution in [3.05, 3.63) is 58.6 Å². The molecule has 27 heavy (non-hydrogen) atoms. The Morgan fingerprint density at radius 1 is 1.15 bits per heavy atom. The first-order chi connectivity index (χ1) is 13.1. The van der Waals surface area contributed by atoms with E-state index >= 15 is 0 Å². The molecule has 0 unspecified atom stereocenters. The van der Waals surface area contributed by atoms with Crippen molar-refractivity contribution in [3.63, 3.8) is 0 Å². The van der Waals surface area contributed by atoms with E-state index in [2.05, 4.69) is 27.7 Å². The first-order valence-corrected chi connectivity index (χ1v) is 9.08. The lowest BCUT2D eigenvalue weighted by Crippen LogP contribution is -2.28. The Morgan fingerprint density at radius 2 is 1.96 bits per heavy atom. The number of benzene rings is 2. The van der Waals surface area contributed by atoms with E-state index in [0.29, 0.717) is 23.3 Å². The molecule has 0 saturated carbocycles. The van der Waals surface area contributed by atoms with Crippen LogP contribution in [0.1, 0.15) is 18.4 Å². The fourth-order valence-corrected chi connectivity index (χ4v) is 3.40. The number of oxazole rings is 1. The van der Waals surface area contributed by atoms with Gasteiger partial charge in [-0.15, -0.1) is 0 Å². The van der Waals surface area contributed by atoms with Gasteiger partial charge in [0, 0.05) is 38.1 Å². The number of aromatic nitrogens is 1. The normalized spacial score (nSPS) is 13.9. The fourth-order valence-electron chi connectivity index (χ4n) is 3.40. The van der Waals surface area contributed by atoms with Crippen LogP contribution in [-0.4, -0.2) is 23.7 Å². The van der Waals surface area contributed by atoms with Crippen molar-refractivity contribution in [2.75, 3.05) is 23.3 Å². The van der Waals surface area contributed by atoms with Crippen LogP contribution in [0.15, 0.2) is 51.7 Å². The Kier molecular flexibility index (Phi) is 4.58. The van der Waals surface area contributed by atoms with E-state index in [-0.39, 0.29) is 6.03 Å². The summed E-state index contributed by atoms with van der Waals surface area (Å²) in [6.45, 7) is 2.63. The molecule has 1 aliphatic rings. The Morgan fingerprint density at radius 3 is 2.78 bits per heavy atom. The van der Waals surface area contributed by atoms with Crippen LogP contribution >= 0.6 is 0 Å². The second-order valence-electron chi connectivity index (χ2n) is 6.78. The zero-order valence-electron chi connectivity index (χ0n) is 15.2. The summed E-state index contributed by atoms with van der Waals surface area (Å²) in [5.41, 5.74) is 3.99. The first kappa shape index (κ1) is 17.2. The van der Waals surface area contributed by atoms with Gasteiger partial charge < -0.3 is 20.0 Å². The molecule has 1 fully saturated rings. The summed E-state index contributed by atoms with van der Waals surface area (Å²) >= 11 is 0. The van der Waals surface area contributed by atoms with Gasteiger partial charge in [0.25, 0.3) is 0 Å². The van der Waals surface area contributed by atoms with Crippen LogP contribution in [0.3, 0.4) is 0 Å². The topological polar surface area (TPSA) is 79.5 Å². The maximum atomic E-state index is 12.2. The molecule has 140 valence electrons. The Hall–Kier alpha value is -3.22. The van der Waals surface area contributed by atoms with E-state index < -0.39 is 5.76 Å². The highest BCUT2D eigenvalue weighted by Crippen LogP contribution is 2.21. The molecule has 0 atom stereocenters. The minimum atomic E-state index is -0.426. The van der Waals surface area contributed by atoms with E-state index in [1.807, 2.05) is 12.1 Å². The zero-order chi connectivity index (χ0) is 18.8. The quantitative estimate of drug-likeness (QED) is 0.744. The summed E-state index contributed by atoms with van der Waals surface area (Å²) in [4.78, 5) is 26.1. The van der Waals surface area contributed by atoms with Crippen LogP contribution in [0.25, 0.3) is 11.1 Å². The minimum Gasteiger partial charge on any atom is -0.408 e. The van der Waals surface area contributed by atoms with Gasteiger partial charge in [0.1, 0.15) is 0 Å². The van der Waals surface area contributed by atoms with Crippen LogP contribution in [0, 0.1) is 0 Å². The van der Waals surface area contributed by atoms with E-state index in [4.69, 9.17) is 4.42 Å². The van der Waals surface area contributed by atoms with Gasteiger partial charge in [-0.2, -0.15) is 0 Å². The lowest BCUT2D eigenvalue weighted by molar-refractivity contribution is 0.251. The van der Waals surface area contributed by atoms with Gasteiger partial charge in [-0.05, 0) is 48.7 Å². The monoisotopic (exact) mass is 366 g/mol. The molecule has 0 radical (unpaired) electrons. The molecule has 7 heteroatoms. The third-order valence-electron chi connectivity index (χ3n) is 4.88. The minimum absolute atomic E-state index is 0.297. The van der Waals surface area contributed by atoms with Gasteiger partial charge in [-0.25, -0.2) is 9.59 Å². The van der Waals surface area contributed by atoms with Crippen LogP contribution in [0.2, 0.25) is 0 Å². The van der Waals surface area contributed by atoms with Crippen molar-refractivity contribution in [1.29, 1.82) is 0 Å². The summed E-state index contributed by atoms with van der Waals surface area (Å²) in [7, 11) is 1.63. The van der Waals surface area contributed by atoms with Gasteiger partial charge in [-0.3, -0.25) is 4.57 Å². The molecule has 2 heterocycles. The third kappa shape index (κ3) is 3.67. The summed E-state index contributed by atoms with van der Waals surface area (Å²) in [5, 5.41) is 5.67. The maximum absolute atomic E-state index is 12.2. The molecule has 7 nitrogen and oxygen atoms in total. The predicted octanol–water partition coefficient (Wildman–Crippen LogP) is 3.05. The third-order valence-corrected chi connectivity index (χ3v) is 4.88. The second-order valence-corrected chi connectivity index (χ2v) is 6.78. The highest BCUT2D eigenvalue weighted by atomic mass is 16.4. The summed E-state index contributed by atoms with van der Waals surface area (Å²) < 4.78 is 6.50. The number of fused-ring (bicyclic) bond motifs is 1. The SMILES string of the molecule is Cn1c(=O)oc2ccc(NC(=O)NCc3cccc(N4CCCC4)c3)cc21. The van der Waals surface area contributed by atoms with Crippen molar-refractivity contribution < 1.29 is 9.21 Å². The van der Waals surface area contributed by atoms with Gasteiger partial charge in [0.05, 0.1) is 5.52 Å². The molecule has 2 N–H and O–H groups in total. The van der Waals surface area contributed by atoms with Crippen molar-refractivity contribution in [2.24, 2.45) is 7.05 Å². The number of hydrogen-bond donors (Lipinski definition) is 2. The number of amides is 2. The van der Waals surface area contributed by atoms with E-state index in [1.165, 1.54) is 23.1 Å². The number of urea groups is 1. The number of anilines is 2. The van der Waals surface area contributed by atoms with Crippen molar-refractivity contribution in [1.82, 2.24) is 9.88 Å². The largest absolute Gasteiger partial charge is 0.419 e. The van der Waals surface area contributed by atoms with Gasteiger partial charge in [0.2, 0.25) is 0 Å². The van der Waals surface area contributed by atoms with E-state index in [9.17, 15) is 9.59 Å². The van der Waals surface area contributed by atoms with Gasteiger partial charge in [-0.1, -0.05) is 12.1 Å². The molecule has 1 aliphatic heterocycles. The standard InChI is InChI=1S/C20H22N4O3/c1-23-17-12-15(7-8-18(17)27-20(23)26)22-19(25)21-13-14-5-4-6-16(11-14)24-9-2-3-10-24/h4-8,11-12H,2-3,9-10,13H2,1H3,(H2,21,22,25). The molecule has 3 aromatic rings. The van der Waals surface area contributed by atoms with Crippen molar-refractivity contribution >= 4 is 28.5 Å². The van der Waals surface area contributed by atoms with Crippen LogP contribution in [-0.2, 0) is 13.6 Å². The van der Waals surface area contributed by atoms with E-state index in [0.717, 1.165) is 18.7 Å². The number of aryl methyl sites for hydroxylation is 1. The number of nitrogens with zero attached hydrogens (tertiary/aromatic N) is 2. The highest BCUT2D eigenvalue weighted by Gasteiger charge is 2.13. The molecule has 1 aromatic heterocycles. The number of nitrogens with one attached hydrogen (secondary N) is 2. The summed E-state index contributed by atoms with van der Waals surface area (Å²) in [6.07, 6.45) is 2.47. The molecule has 2 aromatic carbocycles. The lowest BCUT2D eigenvalue weighted by atomic mass is 10.2. The molecule has 1 saturated heterocycles. The van der Waals surface area contributed by atoms with Gasteiger partial charge in [0.15, 0.2) is 5.58 Å². The maximum Gasteiger partial charge on any atom is 0.419 e. The Labute approximate surface area is 156 Å². The van der Waals surface area contributed by atoms with Crippen LogP contribution in [0.4, 0.5) is 16.2 Å². The first-order valence-electron chi connectivity index (χ1n) is 9.08.